The number of rotatable bonds is 2. The summed E-state index contributed by atoms with van der Waals surface area (Å²) >= 11 is 9.83. The highest BCUT2D eigenvalue weighted by atomic mass is 79.9. The SMILES string of the molecule is Cc1cc2c(C#N)[c]n(-c3c(C)cc(Cl)c(OC(=O)OC(C)(C)C)c3C)c2nc1Br. The Morgan fingerprint density at radius 3 is 2.53 bits per heavy atom. The largest absolute Gasteiger partial charge is 0.514 e. The molecule has 2 aromatic heterocycles. The molecule has 0 unspecified atom stereocenters. The van der Waals surface area contributed by atoms with E-state index in [9.17, 15) is 10.1 Å². The van der Waals surface area contributed by atoms with Crippen molar-refractivity contribution in [2.45, 2.75) is 47.1 Å². The maximum atomic E-state index is 12.2. The molecule has 0 bridgehead atoms. The molecular formula is C22H20BrClN3O3. The minimum Gasteiger partial charge on any atom is -0.428 e. The van der Waals surface area contributed by atoms with E-state index < -0.39 is 11.8 Å². The van der Waals surface area contributed by atoms with Crippen molar-refractivity contribution >= 4 is 44.7 Å². The Balaban J connectivity index is 2.22. The van der Waals surface area contributed by atoms with E-state index >= 15 is 0 Å². The van der Waals surface area contributed by atoms with Gasteiger partial charge in [0.15, 0.2) is 5.75 Å². The van der Waals surface area contributed by atoms with Gasteiger partial charge in [-0.25, -0.2) is 9.78 Å². The number of fused-ring (bicyclic) bond motifs is 1. The lowest BCUT2D eigenvalue weighted by molar-refractivity contribution is 0.0205. The molecule has 0 saturated carbocycles. The summed E-state index contributed by atoms with van der Waals surface area (Å²) in [5.41, 5.74) is 3.21. The average Bonchev–Trinajstić information content (AvgIpc) is 2.95. The fourth-order valence-electron chi connectivity index (χ4n) is 3.14. The van der Waals surface area contributed by atoms with E-state index in [1.165, 1.54) is 0 Å². The molecule has 0 aliphatic rings. The molecular weight excluding hydrogens is 470 g/mol. The van der Waals surface area contributed by atoms with E-state index in [-0.39, 0.29) is 10.8 Å². The van der Waals surface area contributed by atoms with Crippen LogP contribution in [0.2, 0.25) is 5.02 Å². The Labute approximate surface area is 188 Å². The first-order chi connectivity index (χ1) is 13.9. The number of halogens is 2. The number of pyridine rings is 1. The third kappa shape index (κ3) is 4.16. The molecule has 0 saturated heterocycles. The monoisotopic (exact) mass is 488 g/mol. The summed E-state index contributed by atoms with van der Waals surface area (Å²) in [7, 11) is 0. The van der Waals surface area contributed by atoms with Crippen molar-refractivity contribution < 1.29 is 14.3 Å². The van der Waals surface area contributed by atoms with Gasteiger partial charge >= 0.3 is 6.16 Å². The van der Waals surface area contributed by atoms with Crippen molar-refractivity contribution in [1.82, 2.24) is 9.55 Å². The average molecular weight is 490 g/mol. The van der Waals surface area contributed by atoms with Crippen molar-refractivity contribution in [3.63, 3.8) is 0 Å². The minimum absolute atomic E-state index is 0.187. The molecule has 0 spiro atoms. The first-order valence-electron chi connectivity index (χ1n) is 9.14. The maximum absolute atomic E-state index is 12.2. The third-order valence-corrected chi connectivity index (χ3v) is 5.46. The van der Waals surface area contributed by atoms with Crippen molar-refractivity contribution in [3.8, 4) is 17.5 Å². The lowest BCUT2D eigenvalue weighted by Crippen LogP contribution is -2.26. The van der Waals surface area contributed by atoms with E-state index in [1.807, 2.05) is 19.9 Å². The molecule has 1 aromatic carbocycles. The van der Waals surface area contributed by atoms with Crippen molar-refractivity contribution in [2.24, 2.45) is 0 Å². The van der Waals surface area contributed by atoms with Crippen molar-refractivity contribution in [1.29, 1.82) is 5.26 Å². The van der Waals surface area contributed by atoms with Gasteiger partial charge < -0.3 is 9.47 Å². The summed E-state index contributed by atoms with van der Waals surface area (Å²) in [6.07, 6.45) is 2.24. The molecule has 3 rings (SSSR count). The molecule has 2 heterocycles. The van der Waals surface area contributed by atoms with Crippen LogP contribution in [0, 0.1) is 38.3 Å². The molecule has 0 N–H and O–H groups in total. The molecule has 6 nitrogen and oxygen atoms in total. The molecule has 8 heteroatoms. The fraction of sp³-hybridized carbons (Fsp3) is 0.318. The van der Waals surface area contributed by atoms with E-state index in [0.717, 1.165) is 11.1 Å². The second kappa shape index (κ2) is 7.93. The minimum atomic E-state index is -0.849. The number of ether oxygens (including phenoxy) is 2. The van der Waals surface area contributed by atoms with Gasteiger partial charge in [-0.3, -0.25) is 4.57 Å². The number of benzene rings is 1. The Bertz CT molecular complexity index is 1220. The van der Waals surface area contributed by atoms with Crippen LogP contribution in [0.1, 0.15) is 43.0 Å². The number of aromatic nitrogens is 2. The fourth-order valence-corrected chi connectivity index (χ4v) is 3.76. The quantitative estimate of drug-likeness (QED) is 0.238. The zero-order valence-corrected chi connectivity index (χ0v) is 19.8. The maximum Gasteiger partial charge on any atom is 0.514 e. The molecule has 3 aromatic rings. The van der Waals surface area contributed by atoms with Gasteiger partial charge in [0.2, 0.25) is 0 Å². The first-order valence-corrected chi connectivity index (χ1v) is 10.3. The molecule has 0 amide bonds. The third-order valence-electron chi connectivity index (χ3n) is 4.38. The van der Waals surface area contributed by atoms with Gasteiger partial charge in [0, 0.05) is 10.9 Å². The van der Waals surface area contributed by atoms with Gasteiger partial charge in [0.05, 0.1) is 22.5 Å². The summed E-state index contributed by atoms with van der Waals surface area (Å²) in [4.78, 5) is 16.8. The molecule has 0 atom stereocenters. The standard InChI is InChI=1S/C22H20BrClN3O3/c1-11-8-16(24)18(29-21(28)30-22(4,5)6)13(3)17(11)27-10-14(9-25)15-7-12(2)19(23)26-20(15)27/h7-8H,1-6H3. The number of carbonyl (C=O) groups is 1. The van der Waals surface area contributed by atoms with Gasteiger partial charge in [0.1, 0.15) is 21.9 Å². The Morgan fingerprint density at radius 2 is 1.93 bits per heavy atom. The van der Waals surface area contributed by atoms with Crippen LogP contribution in [0.25, 0.3) is 16.7 Å². The van der Waals surface area contributed by atoms with Crippen LogP contribution >= 0.6 is 27.5 Å². The van der Waals surface area contributed by atoms with Crippen molar-refractivity contribution in [3.05, 3.63) is 50.2 Å². The summed E-state index contributed by atoms with van der Waals surface area (Å²) in [5.74, 6) is 0.187. The van der Waals surface area contributed by atoms with Gasteiger partial charge in [-0.1, -0.05) is 11.6 Å². The summed E-state index contributed by atoms with van der Waals surface area (Å²) in [6, 6.07) is 5.75. The lowest BCUT2D eigenvalue weighted by atomic mass is 10.1. The number of carbonyl (C=O) groups excluding carboxylic acids is 1. The van der Waals surface area contributed by atoms with Gasteiger partial charge in [-0.2, -0.15) is 5.26 Å². The normalized spacial score (nSPS) is 11.4. The molecule has 0 aliphatic carbocycles. The number of nitriles is 1. The zero-order chi connectivity index (χ0) is 22.4. The zero-order valence-electron chi connectivity index (χ0n) is 17.5. The topological polar surface area (TPSA) is 77.1 Å². The molecule has 0 fully saturated rings. The van der Waals surface area contributed by atoms with Crippen LogP contribution in [-0.2, 0) is 4.74 Å². The van der Waals surface area contributed by atoms with Crippen molar-refractivity contribution in [2.75, 3.05) is 0 Å². The van der Waals surface area contributed by atoms with Gasteiger partial charge in [0.25, 0.3) is 0 Å². The Kier molecular flexibility index (Phi) is 5.85. The highest BCUT2D eigenvalue weighted by molar-refractivity contribution is 9.10. The number of hydrogen-bond acceptors (Lipinski definition) is 5. The Morgan fingerprint density at radius 1 is 1.27 bits per heavy atom. The second-order valence-corrected chi connectivity index (χ2v) is 9.10. The van der Waals surface area contributed by atoms with Gasteiger partial charge in [-0.05, 0) is 80.7 Å². The Hall–Kier alpha value is -2.56. The van der Waals surface area contributed by atoms with Gasteiger partial charge in [-0.15, -0.1) is 0 Å². The summed E-state index contributed by atoms with van der Waals surface area (Å²) < 4.78 is 13.1. The summed E-state index contributed by atoms with van der Waals surface area (Å²) in [5, 5.41) is 10.5. The smallest absolute Gasteiger partial charge is 0.428 e. The predicted molar refractivity (Wildman–Crippen MR) is 118 cm³/mol. The number of nitrogens with zero attached hydrogens (tertiary/aromatic N) is 3. The van der Waals surface area contributed by atoms with Crippen LogP contribution in [0.15, 0.2) is 16.7 Å². The lowest BCUT2D eigenvalue weighted by Gasteiger charge is -2.21. The molecule has 0 aliphatic heterocycles. The van der Waals surface area contributed by atoms with Crippen LogP contribution in [0.4, 0.5) is 4.79 Å². The predicted octanol–water partition coefficient (Wildman–Crippen LogP) is 6.35. The summed E-state index contributed by atoms with van der Waals surface area (Å²) in [6.45, 7) is 10.8. The number of aryl methyl sites for hydroxylation is 2. The second-order valence-electron chi connectivity index (χ2n) is 7.95. The van der Waals surface area contributed by atoms with E-state index in [2.05, 4.69) is 33.2 Å². The highest BCUT2D eigenvalue weighted by Gasteiger charge is 2.24. The highest BCUT2D eigenvalue weighted by Crippen LogP contribution is 2.38. The van der Waals surface area contributed by atoms with Crippen LogP contribution < -0.4 is 4.74 Å². The first kappa shape index (κ1) is 22.1. The molecule has 30 heavy (non-hydrogen) atoms. The number of hydrogen-bond donors (Lipinski definition) is 0. The molecule has 1 radical (unpaired) electrons. The van der Waals surface area contributed by atoms with Crippen LogP contribution in [-0.4, -0.2) is 21.3 Å². The van der Waals surface area contributed by atoms with Crippen LogP contribution in [0.5, 0.6) is 5.75 Å². The molecule has 155 valence electrons. The van der Waals surface area contributed by atoms with E-state index in [4.69, 9.17) is 21.1 Å². The van der Waals surface area contributed by atoms with E-state index in [0.29, 0.717) is 32.5 Å². The van der Waals surface area contributed by atoms with Crippen LogP contribution in [0.3, 0.4) is 0 Å². The van der Waals surface area contributed by atoms with E-state index in [1.54, 1.807) is 38.3 Å².